The van der Waals surface area contributed by atoms with Gasteiger partial charge in [-0.05, 0) is 31.3 Å². The van der Waals surface area contributed by atoms with Crippen molar-refractivity contribution in [3.8, 4) is 11.5 Å². The SMILES string of the molecule is CNS(=O)(=O)c1ccccc1Oc1ccccc1C(=O)O. The van der Waals surface area contributed by atoms with E-state index < -0.39 is 16.0 Å². The molecule has 0 amide bonds. The van der Waals surface area contributed by atoms with Crippen LogP contribution in [0.5, 0.6) is 11.5 Å². The Morgan fingerprint density at radius 3 is 2.24 bits per heavy atom. The number of nitrogens with one attached hydrogen (secondary N) is 1. The Labute approximate surface area is 122 Å². The summed E-state index contributed by atoms with van der Waals surface area (Å²) in [5.41, 5.74) is -0.0471. The third kappa shape index (κ3) is 3.21. The zero-order valence-electron chi connectivity index (χ0n) is 11.1. The maximum absolute atomic E-state index is 11.9. The van der Waals surface area contributed by atoms with Gasteiger partial charge in [-0.2, -0.15) is 0 Å². The average Bonchev–Trinajstić information content (AvgIpc) is 2.48. The highest BCUT2D eigenvalue weighted by Crippen LogP contribution is 2.30. The van der Waals surface area contributed by atoms with Crippen molar-refractivity contribution in [3.63, 3.8) is 0 Å². The normalized spacial score (nSPS) is 11.1. The Balaban J connectivity index is 2.49. The van der Waals surface area contributed by atoms with Crippen LogP contribution in [0.4, 0.5) is 0 Å². The van der Waals surface area contributed by atoms with E-state index in [9.17, 15) is 13.2 Å². The van der Waals surface area contributed by atoms with Crippen molar-refractivity contribution in [2.45, 2.75) is 4.90 Å². The van der Waals surface area contributed by atoms with Crippen LogP contribution in [0, 0.1) is 0 Å². The van der Waals surface area contributed by atoms with Crippen molar-refractivity contribution in [2.75, 3.05) is 7.05 Å². The highest BCUT2D eigenvalue weighted by atomic mass is 32.2. The van der Waals surface area contributed by atoms with Gasteiger partial charge in [0.25, 0.3) is 0 Å². The molecule has 0 bridgehead atoms. The molecular formula is C14H13NO5S. The molecule has 2 aromatic rings. The van der Waals surface area contributed by atoms with Gasteiger partial charge in [-0.15, -0.1) is 0 Å². The third-order valence-corrected chi connectivity index (χ3v) is 4.20. The van der Waals surface area contributed by atoms with Crippen molar-refractivity contribution in [3.05, 3.63) is 54.1 Å². The Morgan fingerprint density at radius 2 is 1.62 bits per heavy atom. The van der Waals surface area contributed by atoms with E-state index in [1.165, 1.54) is 31.3 Å². The summed E-state index contributed by atoms with van der Waals surface area (Å²) in [5.74, 6) is -1.02. The van der Waals surface area contributed by atoms with Crippen LogP contribution in [-0.4, -0.2) is 26.5 Å². The van der Waals surface area contributed by atoms with E-state index in [4.69, 9.17) is 9.84 Å². The molecule has 2 N–H and O–H groups in total. The molecule has 0 aliphatic rings. The number of ether oxygens (including phenoxy) is 1. The average molecular weight is 307 g/mol. The quantitative estimate of drug-likeness (QED) is 0.882. The summed E-state index contributed by atoms with van der Waals surface area (Å²) in [6.07, 6.45) is 0. The fourth-order valence-electron chi connectivity index (χ4n) is 1.72. The van der Waals surface area contributed by atoms with Crippen LogP contribution in [0.25, 0.3) is 0 Å². The first kappa shape index (κ1) is 15.0. The van der Waals surface area contributed by atoms with Crippen LogP contribution in [-0.2, 0) is 10.0 Å². The summed E-state index contributed by atoms with van der Waals surface area (Å²) in [6.45, 7) is 0. The second-order valence-electron chi connectivity index (χ2n) is 4.06. The minimum Gasteiger partial charge on any atom is -0.478 e. The van der Waals surface area contributed by atoms with Gasteiger partial charge in [-0.3, -0.25) is 0 Å². The standard InChI is InChI=1S/C14H13NO5S/c1-15-21(18,19)13-9-5-4-8-12(13)20-11-7-3-2-6-10(11)14(16)17/h2-9,15H,1H3,(H,16,17). The van der Waals surface area contributed by atoms with Crippen LogP contribution in [0.2, 0.25) is 0 Å². The zero-order valence-corrected chi connectivity index (χ0v) is 11.9. The molecule has 0 aromatic heterocycles. The van der Waals surface area contributed by atoms with Crippen molar-refractivity contribution in [2.24, 2.45) is 0 Å². The zero-order chi connectivity index (χ0) is 15.5. The number of benzene rings is 2. The van der Waals surface area contributed by atoms with Crippen molar-refractivity contribution in [1.29, 1.82) is 0 Å². The van der Waals surface area contributed by atoms with Crippen LogP contribution in [0.3, 0.4) is 0 Å². The van der Waals surface area contributed by atoms with Gasteiger partial charge in [0.05, 0.1) is 0 Å². The lowest BCUT2D eigenvalue weighted by molar-refractivity contribution is 0.0694. The van der Waals surface area contributed by atoms with E-state index in [2.05, 4.69) is 4.72 Å². The predicted octanol–water partition coefficient (Wildman–Crippen LogP) is 2.09. The van der Waals surface area contributed by atoms with Gasteiger partial charge >= 0.3 is 5.97 Å². The maximum atomic E-state index is 11.9. The van der Waals surface area contributed by atoms with Gasteiger partial charge < -0.3 is 9.84 Å². The molecule has 0 radical (unpaired) electrons. The largest absolute Gasteiger partial charge is 0.478 e. The summed E-state index contributed by atoms with van der Waals surface area (Å²) in [4.78, 5) is 11.1. The molecule has 7 heteroatoms. The number of hydrogen-bond donors (Lipinski definition) is 2. The number of aromatic carboxylic acids is 1. The molecule has 6 nitrogen and oxygen atoms in total. The topological polar surface area (TPSA) is 92.7 Å². The highest BCUT2D eigenvalue weighted by molar-refractivity contribution is 7.89. The first-order chi connectivity index (χ1) is 9.95. The molecule has 0 atom stereocenters. The van der Waals surface area contributed by atoms with Gasteiger partial charge in [0, 0.05) is 0 Å². The van der Waals surface area contributed by atoms with Gasteiger partial charge in [0.1, 0.15) is 22.0 Å². The molecule has 0 unspecified atom stereocenters. The van der Waals surface area contributed by atoms with Gasteiger partial charge in [0.2, 0.25) is 10.0 Å². The number of carboxylic acid groups (broad SMARTS) is 1. The smallest absolute Gasteiger partial charge is 0.339 e. The fourth-order valence-corrected chi connectivity index (χ4v) is 2.57. The number of para-hydroxylation sites is 2. The van der Waals surface area contributed by atoms with E-state index >= 15 is 0 Å². The molecule has 2 aromatic carbocycles. The molecule has 21 heavy (non-hydrogen) atoms. The summed E-state index contributed by atoms with van der Waals surface area (Å²) in [6, 6.07) is 12.0. The van der Waals surface area contributed by atoms with Gasteiger partial charge in [0.15, 0.2) is 0 Å². The molecular weight excluding hydrogens is 294 g/mol. The summed E-state index contributed by atoms with van der Waals surface area (Å²) in [5, 5.41) is 9.11. The highest BCUT2D eigenvalue weighted by Gasteiger charge is 2.19. The van der Waals surface area contributed by atoms with E-state index in [1.54, 1.807) is 24.3 Å². The van der Waals surface area contributed by atoms with E-state index in [-0.39, 0.29) is 22.0 Å². The molecule has 0 spiro atoms. The van der Waals surface area contributed by atoms with Crippen LogP contribution < -0.4 is 9.46 Å². The number of carbonyl (C=O) groups is 1. The van der Waals surface area contributed by atoms with Crippen LogP contribution in [0.15, 0.2) is 53.4 Å². The minimum atomic E-state index is -3.70. The van der Waals surface area contributed by atoms with Crippen molar-refractivity contribution in [1.82, 2.24) is 4.72 Å². The van der Waals surface area contributed by atoms with E-state index in [0.29, 0.717) is 0 Å². The van der Waals surface area contributed by atoms with E-state index in [0.717, 1.165) is 0 Å². The number of sulfonamides is 1. The summed E-state index contributed by atoms with van der Waals surface area (Å²) < 4.78 is 31.5. The number of carboxylic acids is 1. The van der Waals surface area contributed by atoms with Crippen molar-refractivity contribution >= 4 is 16.0 Å². The molecule has 0 fully saturated rings. The predicted molar refractivity (Wildman–Crippen MR) is 76.2 cm³/mol. The van der Waals surface area contributed by atoms with Crippen molar-refractivity contribution < 1.29 is 23.1 Å². The molecule has 0 heterocycles. The first-order valence-electron chi connectivity index (χ1n) is 5.98. The first-order valence-corrected chi connectivity index (χ1v) is 7.47. The van der Waals surface area contributed by atoms with Crippen LogP contribution >= 0.6 is 0 Å². The fraction of sp³-hybridized carbons (Fsp3) is 0.0714. The second kappa shape index (κ2) is 5.94. The lowest BCUT2D eigenvalue weighted by Gasteiger charge is -2.12. The lowest BCUT2D eigenvalue weighted by atomic mass is 10.2. The Morgan fingerprint density at radius 1 is 1.05 bits per heavy atom. The minimum absolute atomic E-state index is 0.0471. The Kier molecular flexibility index (Phi) is 4.25. The van der Waals surface area contributed by atoms with Gasteiger partial charge in [-0.25, -0.2) is 17.9 Å². The molecule has 2 rings (SSSR count). The van der Waals surface area contributed by atoms with E-state index in [1.807, 2.05) is 0 Å². The number of rotatable bonds is 5. The number of hydrogen-bond acceptors (Lipinski definition) is 4. The molecule has 0 saturated heterocycles. The molecule has 110 valence electrons. The second-order valence-corrected chi connectivity index (χ2v) is 5.91. The molecule has 0 aliphatic carbocycles. The molecule has 0 aliphatic heterocycles. The lowest BCUT2D eigenvalue weighted by Crippen LogP contribution is -2.19. The maximum Gasteiger partial charge on any atom is 0.339 e. The Bertz CT molecular complexity index is 770. The summed E-state index contributed by atoms with van der Waals surface area (Å²) in [7, 11) is -2.42. The Hall–Kier alpha value is -2.38. The van der Waals surface area contributed by atoms with Gasteiger partial charge in [-0.1, -0.05) is 24.3 Å². The summed E-state index contributed by atoms with van der Waals surface area (Å²) >= 11 is 0. The molecule has 0 saturated carbocycles. The van der Waals surface area contributed by atoms with Crippen LogP contribution in [0.1, 0.15) is 10.4 Å². The third-order valence-electron chi connectivity index (χ3n) is 2.74. The monoisotopic (exact) mass is 307 g/mol.